The number of hydrogen-bond donors (Lipinski definition) is 2. The Morgan fingerprint density at radius 1 is 1.00 bits per heavy atom. The van der Waals surface area contributed by atoms with Gasteiger partial charge in [-0.3, -0.25) is 0 Å². The van der Waals surface area contributed by atoms with Crippen molar-refractivity contribution in [3.05, 3.63) is 59.1 Å². The molecule has 0 unspecified atom stereocenters. The lowest BCUT2D eigenvalue weighted by Crippen LogP contribution is -2.05. The predicted molar refractivity (Wildman–Crippen MR) is 79.1 cm³/mol. The molecule has 0 aliphatic heterocycles. The van der Waals surface area contributed by atoms with Crippen LogP contribution in [0, 0.1) is 0 Å². The van der Waals surface area contributed by atoms with Crippen molar-refractivity contribution in [3.63, 3.8) is 0 Å². The summed E-state index contributed by atoms with van der Waals surface area (Å²) in [6, 6.07) is 16.0. The van der Waals surface area contributed by atoms with Gasteiger partial charge in [-0.25, -0.2) is 0 Å². The van der Waals surface area contributed by atoms with Crippen molar-refractivity contribution in [2.75, 3.05) is 17.6 Å². The SMILES string of the molecule is Nc1cccc(Cl)c1NCCCc1ccccc1. The van der Waals surface area contributed by atoms with Gasteiger partial charge in [0.15, 0.2) is 0 Å². The van der Waals surface area contributed by atoms with E-state index in [0.29, 0.717) is 10.7 Å². The van der Waals surface area contributed by atoms with Gasteiger partial charge < -0.3 is 11.1 Å². The smallest absolute Gasteiger partial charge is 0.0763 e. The van der Waals surface area contributed by atoms with Crippen LogP contribution < -0.4 is 11.1 Å². The summed E-state index contributed by atoms with van der Waals surface area (Å²) in [6.45, 7) is 0.864. The largest absolute Gasteiger partial charge is 0.397 e. The van der Waals surface area contributed by atoms with E-state index in [1.54, 1.807) is 0 Å². The minimum Gasteiger partial charge on any atom is -0.397 e. The van der Waals surface area contributed by atoms with Crippen molar-refractivity contribution in [1.82, 2.24) is 0 Å². The van der Waals surface area contributed by atoms with Crippen molar-refractivity contribution in [3.8, 4) is 0 Å². The van der Waals surface area contributed by atoms with E-state index in [1.165, 1.54) is 5.56 Å². The number of nitrogen functional groups attached to an aromatic ring is 1. The van der Waals surface area contributed by atoms with Crippen LogP contribution in [0.3, 0.4) is 0 Å². The molecule has 3 heteroatoms. The zero-order chi connectivity index (χ0) is 12.8. The number of nitrogens with two attached hydrogens (primary N) is 1. The highest BCUT2D eigenvalue weighted by Crippen LogP contribution is 2.27. The molecule has 0 aliphatic rings. The van der Waals surface area contributed by atoms with Gasteiger partial charge in [-0.2, -0.15) is 0 Å². The molecule has 2 nitrogen and oxygen atoms in total. The van der Waals surface area contributed by atoms with Crippen LogP contribution >= 0.6 is 11.6 Å². The Morgan fingerprint density at radius 2 is 1.78 bits per heavy atom. The molecular formula is C15H17ClN2. The molecule has 0 atom stereocenters. The fourth-order valence-electron chi connectivity index (χ4n) is 1.88. The number of nitrogens with one attached hydrogen (secondary N) is 1. The molecule has 0 saturated carbocycles. The van der Waals surface area contributed by atoms with Crippen molar-refractivity contribution in [2.24, 2.45) is 0 Å². The van der Waals surface area contributed by atoms with E-state index in [-0.39, 0.29) is 0 Å². The molecule has 2 rings (SSSR count). The summed E-state index contributed by atoms with van der Waals surface area (Å²) >= 11 is 6.08. The first-order valence-electron chi connectivity index (χ1n) is 6.09. The first-order chi connectivity index (χ1) is 8.77. The van der Waals surface area contributed by atoms with Gasteiger partial charge in [0, 0.05) is 6.54 Å². The minimum atomic E-state index is 0.676. The molecule has 18 heavy (non-hydrogen) atoms. The van der Waals surface area contributed by atoms with Crippen molar-refractivity contribution < 1.29 is 0 Å². The predicted octanol–water partition coefficient (Wildman–Crippen LogP) is 3.97. The summed E-state index contributed by atoms with van der Waals surface area (Å²) in [5, 5.41) is 3.97. The second kappa shape index (κ2) is 6.31. The minimum absolute atomic E-state index is 0.676. The van der Waals surface area contributed by atoms with Crippen LogP contribution in [0.1, 0.15) is 12.0 Å². The molecule has 3 N–H and O–H groups in total. The second-order valence-corrected chi connectivity index (χ2v) is 4.63. The Morgan fingerprint density at radius 3 is 2.50 bits per heavy atom. The van der Waals surface area contributed by atoms with E-state index in [0.717, 1.165) is 25.1 Å². The number of rotatable bonds is 5. The van der Waals surface area contributed by atoms with Crippen LogP contribution in [0.25, 0.3) is 0 Å². The van der Waals surface area contributed by atoms with Gasteiger partial charge >= 0.3 is 0 Å². The Hall–Kier alpha value is -1.67. The van der Waals surface area contributed by atoms with E-state index in [2.05, 4.69) is 29.6 Å². The fraction of sp³-hybridized carbons (Fsp3) is 0.200. The fourth-order valence-corrected chi connectivity index (χ4v) is 2.13. The molecule has 94 valence electrons. The molecule has 0 saturated heterocycles. The van der Waals surface area contributed by atoms with Gasteiger partial charge in [0.05, 0.1) is 16.4 Å². The first kappa shape index (κ1) is 12.8. The number of halogens is 1. The topological polar surface area (TPSA) is 38.0 Å². The number of para-hydroxylation sites is 1. The molecule has 0 amide bonds. The molecule has 0 aliphatic carbocycles. The molecular weight excluding hydrogens is 244 g/mol. The maximum Gasteiger partial charge on any atom is 0.0763 e. The summed E-state index contributed by atoms with van der Waals surface area (Å²) in [5.74, 6) is 0. The first-order valence-corrected chi connectivity index (χ1v) is 6.47. The normalized spacial score (nSPS) is 10.3. The average molecular weight is 261 g/mol. The van der Waals surface area contributed by atoms with Gasteiger partial charge in [-0.05, 0) is 30.5 Å². The van der Waals surface area contributed by atoms with Gasteiger partial charge in [0.25, 0.3) is 0 Å². The van der Waals surface area contributed by atoms with Crippen LogP contribution in [0.5, 0.6) is 0 Å². The van der Waals surface area contributed by atoms with Crippen LogP contribution in [0.15, 0.2) is 48.5 Å². The zero-order valence-corrected chi connectivity index (χ0v) is 11.0. The monoisotopic (exact) mass is 260 g/mol. The molecule has 0 radical (unpaired) electrons. The standard InChI is InChI=1S/C15H17ClN2/c16-13-9-4-10-14(17)15(13)18-11-5-8-12-6-2-1-3-7-12/h1-4,6-7,9-10,18H,5,8,11,17H2. The lowest BCUT2D eigenvalue weighted by molar-refractivity contribution is 0.863. The summed E-state index contributed by atoms with van der Waals surface area (Å²) in [5.41, 5.74) is 8.76. The van der Waals surface area contributed by atoms with Crippen LogP contribution in [0.4, 0.5) is 11.4 Å². The average Bonchev–Trinajstić information content (AvgIpc) is 2.38. The van der Waals surface area contributed by atoms with Gasteiger partial charge in [-0.15, -0.1) is 0 Å². The van der Waals surface area contributed by atoms with E-state index in [1.807, 2.05) is 24.3 Å². The van der Waals surface area contributed by atoms with Crippen molar-refractivity contribution >= 4 is 23.0 Å². The number of hydrogen-bond acceptors (Lipinski definition) is 2. The second-order valence-electron chi connectivity index (χ2n) is 4.22. The maximum atomic E-state index is 6.08. The zero-order valence-electron chi connectivity index (χ0n) is 10.2. The lowest BCUT2D eigenvalue weighted by Gasteiger charge is -2.10. The van der Waals surface area contributed by atoms with Crippen LogP contribution in [-0.4, -0.2) is 6.54 Å². The number of anilines is 2. The maximum absolute atomic E-state index is 6.08. The highest BCUT2D eigenvalue weighted by Gasteiger charge is 2.02. The van der Waals surface area contributed by atoms with Crippen LogP contribution in [-0.2, 0) is 6.42 Å². The quantitative estimate of drug-likeness (QED) is 0.631. The van der Waals surface area contributed by atoms with E-state index < -0.39 is 0 Å². The Labute approximate surface area is 113 Å². The molecule has 0 fully saturated rings. The Balaban J connectivity index is 1.82. The molecule has 0 aromatic heterocycles. The molecule has 2 aromatic rings. The van der Waals surface area contributed by atoms with E-state index in [4.69, 9.17) is 17.3 Å². The third kappa shape index (κ3) is 3.41. The molecule has 0 bridgehead atoms. The summed E-state index contributed by atoms with van der Waals surface area (Å²) < 4.78 is 0. The summed E-state index contributed by atoms with van der Waals surface area (Å²) in [6.07, 6.45) is 2.10. The van der Waals surface area contributed by atoms with E-state index >= 15 is 0 Å². The summed E-state index contributed by atoms with van der Waals surface area (Å²) in [7, 11) is 0. The molecule has 0 heterocycles. The number of aryl methyl sites for hydroxylation is 1. The summed E-state index contributed by atoms with van der Waals surface area (Å²) in [4.78, 5) is 0. The molecule has 2 aromatic carbocycles. The third-order valence-electron chi connectivity index (χ3n) is 2.83. The van der Waals surface area contributed by atoms with Gasteiger partial charge in [0.2, 0.25) is 0 Å². The lowest BCUT2D eigenvalue weighted by atomic mass is 10.1. The Bertz CT molecular complexity index is 477. The number of benzene rings is 2. The third-order valence-corrected chi connectivity index (χ3v) is 3.15. The highest BCUT2D eigenvalue weighted by molar-refractivity contribution is 6.33. The van der Waals surface area contributed by atoms with Gasteiger partial charge in [-0.1, -0.05) is 48.0 Å². The van der Waals surface area contributed by atoms with Crippen molar-refractivity contribution in [2.45, 2.75) is 12.8 Å². The molecule has 0 spiro atoms. The highest BCUT2D eigenvalue weighted by atomic mass is 35.5. The van der Waals surface area contributed by atoms with Crippen molar-refractivity contribution in [1.29, 1.82) is 0 Å². The van der Waals surface area contributed by atoms with Gasteiger partial charge in [0.1, 0.15) is 0 Å². The van der Waals surface area contributed by atoms with Crippen LogP contribution in [0.2, 0.25) is 5.02 Å². The van der Waals surface area contributed by atoms with E-state index in [9.17, 15) is 0 Å². The Kier molecular flexibility index (Phi) is 4.48.